The average Bonchev–Trinajstić information content (AvgIpc) is 3.29. The predicted molar refractivity (Wildman–Crippen MR) is 119 cm³/mol. The molecule has 0 bridgehead atoms. The van der Waals surface area contributed by atoms with Crippen LogP contribution >= 0.6 is 0 Å². The van der Waals surface area contributed by atoms with Crippen LogP contribution in [0.3, 0.4) is 0 Å². The summed E-state index contributed by atoms with van der Waals surface area (Å²) in [5, 5.41) is 10.3. The molecule has 162 valence electrons. The topological polar surface area (TPSA) is 71.4 Å². The van der Waals surface area contributed by atoms with Gasteiger partial charge in [0.15, 0.2) is 0 Å². The molecule has 1 saturated heterocycles. The van der Waals surface area contributed by atoms with Crippen LogP contribution in [-0.4, -0.2) is 47.0 Å². The first-order valence-electron chi connectivity index (χ1n) is 11.0. The van der Waals surface area contributed by atoms with Crippen molar-refractivity contribution < 1.29 is 9.53 Å². The molecule has 7 nitrogen and oxygen atoms in total. The van der Waals surface area contributed by atoms with Crippen molar-refractivity contribution >= 4 is 17.5 Å². The van der Waals surface area contributed by atoms with Crippen molar-refractivity contribution in [2.24, 2.45) is 5.41 Å². The summed E-state index contributed by atoms with van der Waals surface area (Å²) in [6.45, 7) is 6.93. The molecule has 1 aromatic heterocycles. The molecule has 1 aliphatic carbocycles. The summed E-state index contributed by atoms with van der Waals surface area (Å²) >= 11 is 0. The predicted octanol–water partition coefficient (Wildman–Crippen LogP) is 4.75. The monoisotopic (exact) mass is 411 g/mol. The normalized spacial score (nSPS) is 19.8. The third-order valence-electron chi connectivity index (χ3n) is 6.63. The fourth-order valence-corrected chi connectivity index (χ4v) is 4.55. The van der Waals surface area contributed by atoms with Crippen LogP contribution in [0.25, 0.3) is 0 Å². The molecular formula is C23H33N5O2. The average molecular weight is 412 g/mol. The van der Waals surface area contributed by atoms with Crippen LogP contribution in [-0.2, 0) is 0 Å². The Morgan fingerprint density at radius 2 is 1.97 bits per heavy atom. The molecule has 4 rings (SSSR count). The van der Waals surface area contributed by atoms with Gasteiger partial charge in [-0.25, -0.2) is 9.48 Å². The van der Waals surface area contributed by atoms with Gasteiger partial charge < -0.3 is 15.0 Å². The minimum atomic E-state index is -0.301. The molecule has 2 aromatic rings. The molecule has 0 radical (unpaired) electrons. The number of methoxy groups -OCH3 is 1. The Bertz CT molecular complexity index is 868. The van der Waals surface area contributed by atoms with Gasteiger partial charge in [0, 0.05) is 25.2 Å². The lowest BCUT2D eigenvalue weighted by atomic mass is 9.96. The molecule has 0 unspecified atom stereocenters. The van der Waals surface area contributed by atoms with Crippen molar-refractivity contribution in [1.82, 2.24) is 14.7 Å². The molecule has 2 amide bonds. The Kier molecular flexibility index (Phi) is 5.99. The summed E-state index contributed by atoms with van der Waals surface area (Å²) in [4.78, 5) is 15.2. The second kappa shape index (κ2) is 8.68. The lowest BCUT2D eigenvalue weighted by molar-refractivity contribution is 0.122. The van der Waals surface area contributed by atoms with Crippen molar-refractivity contribution in [3.8, 4) is 5.75 Å². The first-order valence-corrected chi connectivity index (χ1v) is 11.0. The molecule has 2 N–H and O–H groups in total. The fraction of sp³-hybridized carbons (Fsp3) is 0.565. The van der Waals surface area contributed by atoms with Crippen molar-refractivity contribution in [1.29, 1.82) is 0 Å². The number of carbonyl (C=O) groups excluding carboxylic acids is 1. The van der Waals surface area contributed by atoms with E-state index >= 15 is 0 Å². The van der Waals surface area contributed by atoms with E-state index in [2.05, 4.69) is 34.5 Å². The molecule has 7 heteroatoms. The Labute approximate surface area is 178 Å². The summed E-state index contributed by atoms with van der Waals surface area (Å²) in [5.74, 6) is 1.35. The van der Waals surface area contributed by atoms with Gasteiger partial charge in [0.05, 0.1) is 25.0 Å². The molecule has 2 aliphatic rings. The van der Waals surface area contributed by atoms with Crippen LogP contribution in [0.15, 0.2) is 36.5 Å². The minimum absolute atomic E-state index is 0.301. The van der Waals surface area contributed by atoms with Crippen LogP contribution in [0.4, 0.5) is 16.3 Å². The van der Waals surface area contributed by atoms with Crippen molar-refractivity contribution in [2.75, 3.05) is 30.8 Å². The number of aromatic nitrogens is 2. The summed E-state index contributed by atoms with van der Waals surface area (Å²) in [5.41, 5.74) is 1.22. The summed E-state index contributed by atoms with van der Waals surface area (Å²) in [6, 6.07) is 9.86. The van der Waals surface area contributed by atoms with Gasteiger partial charge in [-0.1, -0.05) is 19.1 Å². The van der Waals surface area contributed by atoms with E-state index in [9.17, 15) is 4.79 Å². The number of carbonyl (C=O) groups is 1. The second-order valence-corrected chi connectivity index (χ2v) is 9.07. The number of likely N-dealkylation sites (tertiary alicyclic amines) is 1. The van der Waals surface area contributed by atoms with Crippen LogP contribution in [0.5, 0.6) is 5.75 Å². The number of rotatable bonds is 7. The first-order chi connectivity index (χ1) is 14.5. The third kappa shape index (κ3) is 4.78. The van der Waals surface area contributed by atoms with Crippen molar-refractivity contribution in [3.63, 3.8) is 0 Å². The SMILES string of the molecule is COc1ccccc1NC(=O)Nc1ccnn1C1CCN([C@@H](C)CC2(C)CC2)CC1. The number of urea groups is 1. The zero-order valence-corrected chi connectivity index (χ0v) is 18.2. The Morgan fingerprint density at radius 3 is 2.67 bits per heavy atom. The molecule has 30 heavy (non-hydrogen) atoms. The van der Waals surface area contributed by atoms with E-state index in [1.54, 1.807) is 13.3 Å². The Morgan fingerprint density at radius 1 is 1.23 bits per heavy atom. The third-order valence-corrected chi connectivity index (χ3v) is 6.63. The highest BCUT2D eigenvalue weighted by molar-refractivity contribution is 6.00. The number of nitrogens with one attached hydrogen (secondary N) is 2. The van der Waals surface area contributed by atoms with Gasteiger partial charge in [0.25, 0.3) is 0 Å². The number of para-hydroxylation sites is 2. The number of hydrogen-bond acceptors (Lipinski definition) is 4. The molecule has 1 aliphatic heterocycles. The molecule has 1 atom stereocenters. The number of anilines is 2. The second-order valence-electron chi connectivity index (χ2n) is 9.07. The van der Waals surface area contributed by atoms with E-state index in [4.69, 9.17) is 4.74 Å². The molecule has 2 fully saturated rings. The van der Waals surface area contributed by atoms with Gasteiger partial charge in [-0.15, -0.1) is 0 Å². The molecule has 0 spiro atoms. The molecule has 2 heterocycles. The Hall–Kier alpha value is -2.54. The van der Waals surface area contributed by atoms with E-state index in [1.165, 1.54) is 19.3 Å². The smallest absolute Gasteiger partial charge is 0.324 e. The minimum Gasteiger partial charge on any atom is -0.495 e. The summed E-state index contributed by atoms with van der Waals surface area (Å²) in [7, 11) is 1.59. The van der Waals surface area contributed by atoms with Gasteiger partial charge in [0.2, 0.25) is 0 Å². The maximum absolute atomic E-state index is 12.5. The van der Waals surface area contributed by atoms with Gasteiger partial charge in [-0.2, -0.15) is 5.10 Å². The lowest BCUT2D eigenvalue weighted by Gasteiger charge is -2.37. The number of benzene rings is 1. The van der Waals surface area contributed by atoms with E-state index in [-0.39, 0.29) is 6.03 Å². The maximum atomic E-state index is 12.5. The number of hydrogen-bond donors (Lipinski definition) is 2. The van der Waals surface area contributed by atoms with Gasteiger partial charge in [-0.3, -0.25) is 5.32 Å². The lowest BCUT2D eigenvalue weighted by Crippen LogP contribution is -2.41. The number of ether oxygens (including phenoxy) is 1. The number of piperidine rings is 1. The largest absolute Gasteiger partial charge is 0.495 e. The zero-order valence-electron chi connectivity index (χ0n) is 18.2. The van der Waals surface area contributed by atoms with E-state index < -0.39 is 0 Å². The quantitative estimate of drug-likeness (QED) is 0.690. The van der Waals surface area contributed by atoms with Crippen LogP contribution in [0, 0.1) is 5.41 Å². The highest BCUT2D eigenvalue weighted by Gasteiger charge is 2.39. The highest BCUT2D eigenvalue weighted by atomic mass is 16.5. The van der Waals surface area contributed by atoms with E-state index in [1.807, 2.05) is 35.0 Å². The maximum Gasteiger partial charge on any atom is 0.324 e. The highest BCUT2D eigenvalue weighted by Crippen LogP contribution is 2.49. The van der Waals surface area contributed by atoms with Gasteiger partial charge >= 0.3 is 6.03 Å². The van der Waals surface area contributed by atoms with E-state index in [0.29, 0.717) is 28.9 Å². The standard InChI is InChI=1S/C23H33N5O2/c1-17(16-23(2)11-12-23)27-14-9-18(10-15-27)28-21(8-13-24-28)26-22(29)25-19-6-4-5-7-20(19)30-3/h4-8,13,17-18H,9-12,14-16H2,1-3H3,(H2,25,26,29)/t17-/m0/s1. The number of amides is 2. The zero-order chi connectivity index (χ0) is 21.1. The molecule has 1 aromatic carbocycles. The van der Waals surface area contributed by atoms with Crippen molar-refractivity contribution in [2.45, 2.75) is 58.0 Å². The Balaban J connectivity index is 1.33. The first kappa shape index (κ1) is 20.7. The van der Waals surface area contributed by atoms with Crippen LogP contribution in [0.2, 0.25) is 0 Å². The van der Waals surface area contributed by atoms with Crippen LogP contribution in [0.1, 0.15) is 52.0 Å². The molecular weight excluding hydrogens is 378 g/mol. The van der Waals surface area contributed by atoms with Gasteiger partial charge in [0.1, 0.15) is 11.6 Å². The van der Waals surface area contributed by atoms with E-state index in [0.717, 1.165) is 31.7 Å². The van der Waals surface area contributed by atoms with Gasteiger partial charge in [-0.05, 0) is 56.6 Å². The fourth-order valence-electron chi connectivity index (χ4n) is 4.55. The number of nitrogens with zero attached hydrogens (tertiary/aromatic N) is 3. The molecule has 1 saturated carbocycles. The van der Waals surface area contributed by atoms with Crippen LogP contribution < -0.4 is 15.4 Å². The van der Waals surface area contributed by atoms with Crippen molar-refractivity contribution in [3.05, 3.63) is 36.5 Å². The summed E-state index contributed by atoms with van der Waals surface area (Å²) in [6.07, 6.45) is 7.91. The summed E-state index contributed by atoms with van der Waals surface area (Å²) < 4.78 is 7.26.